The van der Waals surface area contributed by atoms with Crippen molar-refractivity contribution < 1.29 is 5.11 Å². The Kier molecular flexibility index (Phi) is 3.31. The van der Waals surface area contributed by atoms with E-state index in [0.29, 0.717) is 0 Å². The second-order valence-electron chi connectivity index (χ2n) is 4.71. The van der Waals surface area contributed by atoms with Crippen LogP contribution in [0.4, 0.5) is 0 Å². The van der Waals surface area contributed by atoms with Gasteiger partial charge in [-0.1, -0.05) is 30.4 Å². The second kappa shape index (κ2) is 4.72. The van der Waals surface area contributed by atoms with Crippen LogP contribution in [0.1, 0.15) is 43.2 Å². The molecule has 0 bridgehead atoms. The molecule has 0 radical (unpaired) electrons. The lowest BCUT2D eigenvalue weighted by atomic mass is 9.85. The molecular formula is C15H18O. The van der Waals surface area contributed by atoms with Gasteiger partial charge in [-0.15, -0.1) is 0 Å². The molecule has 2 rings (SSSR count). The Hall–Kier alpha value is -1.26. The van der Waals surface area contributed by atoms with Crippen molar-refractivity contribution in [3.05, 3.63) is 35.4 Å². The van der Waals surface area contributed by atoms with Crippen LogP contribution in [-0.2, 0) is 0 Å². The van der Waals surface area contributed by atoms with E-state index in [0.717, 1.165) is 31.2 Å². The van der Waals surface area contributed by atoms with Crippen LogP contribution < -0.4 is 0 Å². The highest BCUT2D eigenvalue weighted by Crippen LogP contribution is 2.27. The maximum absolute atomic E-state index is 10.2. The Morgan fingerprint density at radius 1 is 1.19 bits per heavy atom. The fraction of sp³-hybridized carbons (Fsp3) is 0.467. The van der Waals surface area contributed by atoms with Gasteiger partial charge in [0.05, 0.1) is 0 Å². The first-order valence-corrected chi connectivity index (χ1v) is 6.00. The predicted octanol–water partition coefficient (Wildman–Crippen LogP) is 3.04. The van der Waals surface area contributed by atoms with Gasteiger partial charge < -0.3 is 5.11 Å². The summed E-state index contributed by atoms with van der Waals surface area (Å²) in [6, 6.07) is 8.11. The summed E-state index contributed by atoms with van der Waals surface area (Å²) in [5.41, 5.74) is 1.48. The maximum atomic E-state index is 10.2. The van der Waals surface area contributed by atoms with Crippen molar-refractivity contribution in [2.45, 2.75) is 44.6 Å². The van der Waals surface area contributed by atoms with E-state index in [9.17, 15) is 5.11 Å². The van der Waals surface area contributed by atoms with Crippen LogP contribution in [0, 0.1) is 18.8 Å². The molecule has 1 fully saturated rings. The van der Waals surface area contributed by atoms with E-state index in [1.165, 1.54) is 12.0 Å². The van der Waals surface area contributed by atoms with E-state index in [4.69, 9.17) is 0 Å². The van der Waals surface area contributed by atoms with E-state index in [2.05, 4.69) is 30.9 Å². The Morgan fingerprint density at radius 2 is 1.94 bits per heavy atom. The van der Waals surface area contributed by atoms with E-state index in [1.54, 1.807) is 0 Å². The minimum absolute atomic E-state index is 0.734. The standard InChI is InChI=1S/C15H18O/c1-13-6-5-7-14(12-13)8-11-15(16)9-3-2-4-10-15/h5-7,12,16H,2-4,9-10H2,1H3. The molecule has 1 heteroatoms. The van der Waals surface area contributed by atoms with Crippen molar-refractivity contribution in [3.63, 3.8) is 0 Å². The molecule has 0 amide bonds. The van der Waals surface area contributed by atoms with Crippen molar-refractivity contribution in [1.29, 1.82) is 0 Å². The molecule has 0 unspecified atom stereocenters. The third-order valence-corrected chi connectivity index (χ3v) is 3.14. The van der Waals surface area contributed by atoms with Crippen LogP contribution in [0.15, 0.2) is 24.3 Å². The highest BCUT2D eigenvalue weighted by atomic mass is 16.3. The molecule has 1 aromatic rings. The Labute approximate surface area is 97.5 Å². The van der Waals surface area contributed by atoms with Crippen molar-refractivity contribution in [2.75, 3.05) is 0 Å². The Morgan fingerprint density at radius 3 is 2.62 bits per heavy atom. The van der Waals surface area contributed by atoms with Crippen LogP contribution >= 0.6 is 0 Å². The summed E-state index contributed by atoms with van der Waals surface area (Å²) in [6.07, 6.45) is 5.07. The molecule has 1 saturated carbocycles. The van der Waals surface area contributed by atoms with Crippen LogP contribution in [0.25, 0.3) is 0 Å². The third-order valence-electron chi connectivity index (χ3n) is 3.14. The maximum Gasteiger partial charge on any atom is 0.125 e. The van der Waals surface area contributed by atoms with Gasteiger partial charge in [0, 0.05) is 5.56 Å². The average molecular weight is 214 g/mol. The number of rotatable bonds is 0. The molecule has 84 valence electrons. The summed E-state index contributed by atoms with van der Waals surface area (Å²) in [4.78, 5) is 0. The molecule has 1 aliphatic carbocycles. The third kappa shape index (κ3) is 2.87. The molecular weight excluding hydrogens is 196 g/mol. The first-order valence-electron chi connectivity index (χ1n) is 6.00. The van der Waals surface area contributed by atoms with Crippen molar-refractivity contribution in [1.82, 2.24) is 0 Å². The van der Waals surface area contributed by atoms with Gasteiger partial charge >= 0.3 is 0 Å². The van der Waals surface area contributed by atoms with Crippen molar-refractivity contribution in [3.8, 4) is 11.8 Å². The molecule has 0 spiro atoms. The smallest absolute Gasteiger partial charge is 0.125 e. The van der Waals surface area contributed by atoms with Gasteiger partial charge in [-0.05, 0) is 50.3 Å². The monoisotopic (exact) mass is 214 g/mol. The van der Waals surface area contributed by atoms with Crippen LogP contribution in [-0.4, -0.2) is 10.7 Å². The van der Waals surface area contributed by atoms with Gasteiger partial charge in [0.1, 0.15) is 5.60 Å². The highest BCUT2D eigenvalue weighted by molar-refractivity contribution is 5.38. The number of benzene rings is 1. The Bertz CT molecular complexity index is 417. The van der Waals surface area contributed by atoms with Gasteiger partial charge in [0.2, 0.25) is 0 Å². The van der Waals surface area contributed by atoms with Crippen molar-refractivity contribution >= 4 is 0 Å². The lowest BCUT2D eigenvalue weighted by Gasteiger charge is -2.26. The van der Waals surface area contributed by atoms with Crippen LogP contribution in [0.3, 0.4) is 0 Å². The zero-order chi connectivity index (χ0) is 11.4. The molecule has 1 aliphatic rings. The summed E-state index contributed by atoms with van der Waals surface area (Å²) >= 11 is 0. The van der Waals surface area contributed by atoms with Gasteiger partial charge in [-0.2, -0.15) is 0 Å². The predicted molar refractivity (Wildman–Crippen MR) is 66.1 cm³/mol. The summed E-state index contributed by atoms with van der Waals surface area (Å²) in [5, 5.41) is 10.2. The van der Waals surface area contributed by atoms with Gasteiger partial charge in [-0.3, -0.25) is 0 Å². The fourth-order valence-corrected chi connectivity index (χ4v) is 2.17. The molecule has 0 saturated heterocycles. The minimum atomic E-state index is -0.734. The van der Waals surface area contributed by atoms with Crippen molar-refractivity contribution in [2.24, 2.45) is 0 Å². The second-order valence-corrected chi connectivity index (χ2v) is 4.71. The van der Waals surface area contributed by atoms with Crippen LogP contribution in [0.2, 0.25) is 0 Å². The van der Waals surface area contributed by atoms with E-state index >= 15 is 0 Å². The number of aryl methyl sites for hydroxylation is 1. The summed E-state index contributed by atoms with van der Waals surface area (Å²) in [7, 11) is 0. The van der Waals surface area contributed by atoms with E-state index < -0.39 is 5.60 Å². The summed E-state index contributed by atoms with van der Waals surface area (Å²) in [5.74, 6) is 6.14. The molecule has 0 aromatic heterocycles. The average Bonchev–Trinajstić information content (AvgIpc) is 2.28. The number of aliphatic hydroxyl groups is 1. The zero-order valence-electron chi connectivity index (χ0n) is 9.79. The highest BCUT2D eigenvalue weighted by Gasteiger charge is 2.26. The minimum Gasteiger partial charge on any atom is -0.378 e. The molecule has 1 nitrogen and oxygen atoms in total. The van der Waals surface area contributed by atoms with Gasteiger partial charge in [-0.25, -0.2) is 0 Å². The quantitative estimate of drug-likeness (QED) is 0.658. The normalized spacial score (nSPS) is 18.6. The first kappa shape index (κ1) is 11.2. The van der Waals surface area contributed by atoms with E-state index in [-0.39, 0.29) is 0 Å². The largest absolute Gasteiger partial charge is 0.378 e. The molecule has 0 heterocycles. The topological polar surface area (TPSA) is 20.2 Å². The lowest BCUT2D eigenvalue weighted by molar-refractivity contribution is 0.0610. The molecule has 1 N–H and O–H groups in total. The Balaban J connectivity index is 2.14. The number of hydrogen-bond acceptors (Lipinski definition) is 1. The van der Waals surface area contributed by atoms with Gasteiger partial charge in [0.25, 0.3) is 0 Å². The molecule has 0 atom stereocenters. The van der Waals surface area contributed by atoms with E-state index in [1.807, 2.05) is 12.1 Å². The summed E-state index contributed by atoms with van der Waals surface area (Å²) < 4.78 is 0. The molecule has 1 aromatic carbocycles. The lowest BCUT2D eigenvalue weighted by Crippen LogP contribution is -2.29. The fourth-order valence-electron chi connectivity index (χ4n) is 2.17. The first-order chi connectivity index (χ1) is 7.68. The van der Waals surface area contributed by atoms with Crippen LogP contribution in [0.5, 0.6) is 0 Å². The summed E-state index contributed by atoms with van der Waals surface area (Å²) in [6.45, 7) is 2.06. The van der Waals surface area contributed by atoms with Gasteiger partial charge in [0.15, 0.2) is 0 Å². The SMILES string of the molecule is Cc1cccc(C#CC2(O)CCCCC2)c1. The molecule has 16 heavy (non-hydrogen) atoms. The zero-order valence-corrected chi connectivity index (χ0v) is 9.79. The number of hydrogen-bond donors (Lipinski definition) is 1. The molecule has 0 aliphatic heterocycles.